The fourth-order valence-corrected chi connectivity index (χ4v) is 3.40. The molecule has 0 saturated carbocycles. The van der Waals surface area contributed by atoms with Crippen LogP contribution in [0, 0.1) is 0 Å². The average Bonchev–Trinajstić information content (AvgIpc) is 3.20. The fraction of sp³-hybridized carbons (Fsp3) is 0.174. The van der Waals surface area contributed by atoms with Gasteiger partial charge in [-0.15, -0.1) is 0 Å². The number of ether oxygens (including phenoxy) is 1. The third kappa shape index (κ3) is 4.27. The van der Waals surface area contributed by atoms with E-state index in [1.54, 1.807) is 24.0 Å². The molecule has 0 spiro atoms. The van der Waals surface area contributed by atoms with E-state index in [1.165, 1.54) is 0 Å². The Balaban J connectivity index is 1.50. The van der Waals surface area contributed by atoms with Crippen LogP contribution in [0.15, 0.2) is 79.3 Å². The topological polar surface area (TPSA) is 68.5 Å². The second-order valence-electron chi connectivity index (χ2n) is 6.77. The average molecular weight is 386 g/mol. The van der Waals surface area contributed by atoms with Gasteiger partial charge in [0.1, 0.15) is 5.75 Å². The molecule has 1 N–H and O–H groups in total. The molecule has 6 heteroatoms. The summed E-state index contributed by atoms with van der Waals surface area (Å²) in [5, 5.41) is 7.27. The predicted octanol–water partition coefficient (Wildman–Crippen LogP) is 3.58. The van der Waals surface area contributed by atoms with E-state index in [4.69, 9.17) is 4.74 Å². The monoisotopic (exact) mass is 386 g/mol. The number of methoxy groups -OCH3 is 1. The van der Waals surface area contributed by atoms with Crippen molar-refractivity contribution in [1.82, 2.24) is 19.9 Å². The van der Waals surface area contributed by atoms with Crippen LogP contribution in [-0.2, 0) is 11.3 Å². The number of rotatable bonds is 7. The molecule has 0 saturated heterocycles. The minimum atomic E-state index is -0.0378. The number of benzene rings is 2. The maximum absolute atomic E-state index is 12.8. The van der Waals surface area contributed by atoms with E-state index in [1.807, 2.05) is 54.7 Å². The van der Waals surface area contributed by atoms with Gasteiger partial charge in [0, 0.05) is 36.8 Å². The maximum atomic E-state index is 12.8. The number of hydrogen-bond donors (Lipinski definition) is 1. The number of carbonyl (C=O) groups is 1. The summed E-state index contributed by atoms with van der Waals surface area (Å²) in [5.41, 5.74) is 3.82. The van der Waals surface area contributed by atoms with Crippen LogP contribution in [0.25, 0.3) is 5.65 Å². The quantitative estimate of drug-likeness (QED) is 0.527. The van der Waals surface area contributed by atoms with Gasteiger partial charge in [0.25, 0.3) is 0 Å². The minimum absolute atomic E-state index is 0.0232. The van der Waals surface area contributed by atoms with Gasteiger partial charge in [0.05, 0.1) is 13.3 Å². The molecule has 4 rings (SSSR count). The molecule has 0 bridgehead atoms. The Morgan fingerprint density at radius 1 is 1.07 bits per heavy atom. The van der Waals surface area contributed by atoms with Crippen LogP contribution in [-0.4, -0.2) is 27.6 Å². The molecule has 2 aromatic carbocycles. The lowest BCUT2D eigenvalue weighted by Gasteiger charge is -2.18. The highest BCUT2D eigenvalue weighted by Gasteiger charge is 2.18. The lowest BCUT2D eigenvalue weighted by Crippen LogP contribution is -2.25. The van der Waals surface area contributed by atoms with E-state index in [-0.39, 0.29) is 11.8 Å². The molecule has 1 amide bonds. The van der Waals surface area contributed by atoms with Crippen LogP contribution in [0.4, 0.5) is 0 Å². The van der Waals surface area contributed by atoms with E-state index in [0.29, 0.717) is 13.0 Å². The number of carbonyl (C=O) groups excluding carboxylic acids is 1. The molecular weight excluding hydrogens is 364 g/mol. The van der Waals surface area contributed by atoms with Gasteiger partial charge in [-0.3, -0.25) is 4.79 Å². The van der Waals surface area contributed by atoms with Crippen LogP contribution in [0.2, 0.25) is 0 Å². The largest absolute Gasteiger partial charge is 0.497 e. The van der Waals surface area contributed by atoms with Crippen molar-refractivity contribution in [3.8, 4) is 5.75 Å². The molecule has 2 heterocycles. The molecule has 0 radical (unpaired) electrons. The zero-order valence-corrected chi connectivity index (χ0v) is 16.2. The predicted molar refractivity (Wildman–Crippen MR) is 111 cm³/mol. The summed E-state index contributed by atoms with van der Waals surface area (Å²) < 4.78 is 6.96. The molecule has 0 aliphatic rings. The van der Waals surface area contributed by atoms with Crippen molar-refractivity contribution in [2.75, 3.05) is 7.11 Å². The zero-order chi connectivity index (χ0) is 20.1. The highest BCUT2D eigenvalue weighted by atomic mass is 16.5. The van der Waals surface area contributed by atoms with E-state index < -0.39 is 0 Å². The first-order valence-corrected chi connectivity index (χ1v) is 9.47. The van der Waals surface area contributed by atoms with Gasteiger partial charge >= 0.3 is 0 Å². The van der Waals surface area contributed by atoms with Crippen LogP contribution in [0.5, 0.6) is 5.75 Å². The third-order valence-electron chi connectivity index (χ3n) is 4.94. The first-order valence-electron chi connectivity index (χ1n) is 9.47. The third-order valence-corrected chi connectivity index (χ3v) is 4.94. The molecule has 0 aliphatic carbocycles. The molecule has 0 aliphatic heterocycles. The Labute approximate surface area is 169 Å². The summed E-state index contributed by atoms with van der Waals surface area (Å²) >= 11 is 0. The second-order valence-corrected chi connectivity index (χ2v) is 6.77. The summed E-state index contributed by atoms with van der Waals surface area (Å²) in [7, 11) is 1.65. The van der Waals surface area contributed by atoms with Crippen molar-refractivity contribution in [2.24, 2.45) is 0 Å². The van der Waals surface area contributed by atoms with Gasteiger partial charge in [-0.1, -0.05) is 42.5 Å². The summed E-state index contributed by atoms with van der Waals surface area (Å²) in [6.07, 6.45) is 5.64. The standard InChI is InChI=1S/C23H22N4O2/c1-29-20-10-8-18(9-11-20)21(17-6-3-2-4-7-17)14-22(28)25-15-19-16-26-27-13-5-12-24-23(19)27/h2-13,16,21H,14-15H2,1H3,(H,25,28). The Bertz CT molecular complexity index is 1090. The molecule has 2 aromatic heterocycles. The number of fused-ring (bicyclic) bond motifs is 1. The van der Waals surface area contributed by atoms with Crippen LogP contribution < -0.4 is 10.1 Å². The fourth-order valence-electron chi connectivity index (χ4n) is 3.40. The number of amides is 1. The van der Waals surface area contributed by atoms with Gasteiger partial charge < -0.3 is 10.1 Å². The number of hydrogen-bond acceptors (Lipinski definition) is 4. The molecular formula is C23H22N4O2. The number of aromatic nitrogens is 3. The maximum Gasteiger partial charge on any atom is 0.221 e. The van der Waals surface area contributed by atoms with E-state index >= 15 is 0 Å². The van der Waals surface area contributed by atoms with Gasteiger partial charge in [-0.05, 0) is 29.3 Å². The number of nitrogens with zero attached hydrogens (tertiary/aromatic N) is 3. The van der Waals surface area contributed by atoms with Crippen molar-refractivity contribution >= 4 is 11.6 Å². The van der Waals surface area contributed by atoms with Gasteiger partial charge in [0.15, 0.2) is 5.65 Å². The Kier molecular flexibility index (Phi) is 5.52. The minimum Gasteiger partial charge on any atom is -0.497 e. The molecule has 146 valence electrons. The first kappa shape index (κ1) is 18.7. The Morgan fingerprint density at radius 3 is 2.59 bits per heavy atom. The normalized spacial score (nSPS) is 11.9. The van der Waals surface area contributed by atoms with Crippen LogP contribution in [0.1, 0.15) is 29.0 Å². The van der Waals surface area contributed by atoms with Crippen molar-refractivity contribution in [1.29, 1.82) is 0 Å². The number of nitrogens with one attached hydrogen (secondary N) is 1. The van der Waals surface area contributed by atoms with Crippen LogP contribution in [0.3, 0.4) is 0 Å². The van der Waals surface area contributed by atoms with Gasteiger partial charge in [0.2, 0.25) is 5.91 Å². The molecule has 1 atom stereocenters. The van der Waals surface area contributed by atoms with Gasteiger partial charge in [-0.2, -0.15) is 5.10 Å². The van der Waals surface area contributed by atoms with Crippen molar-refractivity contribution in [3.05, 3.63) is 95.9 Å². The van der Waals surface area contributed by atoms with Crippen molar-refractivity contribution in [2.45, 2.75) is 18.9 Å². The second kappa shape index (κ2) is 8.56. The molecule has 29 heavy (non-hydrogen) atoms. The zero-order valence-electron chi connectivity index (χ0n) is 16.2. The smallest absolute Gasteiger partial charge is 0.221 e. The van der Waals surface area contributed by atoms with Crippen molar-refractivity contribution in [3.63, 3.8) is 0 Å². The highest BCUT2D eigenvalue weighted by molar-refractivity contribution is 5.77. The van der Waals surface area contributed by atoms with E-state index in [9.17, 15) is 4.79 Å². The molecule has 4 aromatic rings. The Morgan fingerprint density at radius 2 is 1.83 bits per heavy atom. The highest BCUT2D eigenvalue weighted by Crippen LogP contribution is 2.29. The lowest BCUT2D eigenvalue weighted by molar-refractivity contribution is -0.121. The van der Waals surface area contributed by atoms with Crippen molar-refractivity contribution < 1.29 is 9.53 Å². The Hall–Kier alpha value is -3.67. The molecule has 1 unspecified atom stereocenters. The van der Waals surface area contributed by atoms with E-state index in [2.05, 4.69) is 27.5 Å². The summed E-state index contributed by atoms with van der Waals surface area (Å²) in [4.78, 5) is 17.1. The first-order chi connectivity index (χ1) is 14.2. The van der Waals surface area contributed by atoms with E-state index in [0.717, 1.165) is 28.1 Å². The molecule has 6 nitrogen and oxygen atoms in total. The lowest BCUT2D eigenvalue weighted by atomic mass is 9.88. The summed E-state index contributed by atoms with van der Waals surface area (Å²) in [6.45, 7) is 0.392. The summed E-state index contributed by atoms with van der Waals surface area (Å²) in [6, 6.07) is 19.8. The SMILES string of the molecule is COc1ccc(C(CC(=O)NCc2cnn3cccnc23)c2ccccc2)cc1. The summed E-state index contributed by atoms with van der Waals surface area (Å²) in [5.74, 6) is 0.736. The van der Waals surface area contributed by atoms with Gasteiger partial charge in [-0.25, -0.2) is 9.50 Å². The molecule has 0 fully saturated rings. The van der Waals surface area contributed by atoms with Crippen LogP contribution >= 0.6 is 0 Å².